The van der Waals surface area contributed by atoms with E-state index in [1.54, 1.807) is 22.5 Å². The third kappa shape index (κ3) is 1.90. The molecule has 0 saturated carbocycles. The summed E-state index contributed by atoms with van der Waals surface area (Å²) >= 11 is 1.35. The van der Waals surface area contributed by atoms with Crippen LogP contribution in [0.1, 0.15) is 10.4 Å². The SMILES string of the molecule is O=C(c1cnc2sccn2c1=O)N1CCOc2ccccc21. The van der Waals surface area contributed by atoms with Gasteiger partial charge in [-0.25, -0.2) is 4.98 Å². The van der Waals surface area contributed by atoms with Crippen molar-refractivity contribution in [2.75, 3.05) is 18.1 Å². The van der Waals surface area contributed by atoms with Gasteiger partial charge < -0.3 is 9.64 Å². The van der Waals surface area contributed by atoms with E-state index in [2.05, 4.69) is 4.98 Å². The number of thiazole rings is 1. The number of carbonyl (C=O) groups excluding carboxylic acids is 1. The summed E-state index contributed by atoms with van der Waals surface area (Å²) in [7, 11) is 0. The number of ether oxygens (including phenoxy) is 1. The fraction of sp³-hybridized carbons (Fsp3) is 0.133. The number of anilines is 1. The molecule has 1 aromatic carbocycles. The third-order valence-corrected chi connectivity index (χ3v) is 4.32. The molecule has 0 spiro atoms. The number of hydrogen-bond donors (Lipinski definition) is 0. The highest BCUT2D eigenvalue weighted by molar-refractivity contribution is 7.15. The van der Waals surface area contributed by atoms with Crippen molar-refractivity contribution >= 4 is 27.9 Å². The van der Waals surface area contributed by atoms with Gasteiger partial charge >= 0.3 is 0 Å². The van der Waals surface area contributed by atoms with Crippen LogP contribution in [0.25, 0.3) is 4.96 Å². The molecule has 3 heterocycles. The first-order chi connectivity index (χ1) is 10.8. The molecule has 0 aliphatic carbocycles. The molecule has 0 bridgehead atoms. The summed E-state index contributed by atoms with van der Waals surface area (Å²) in [5.74, 6) is 0.292. The lowest BCUT2D eigenvalue weighted by molar-refractivity contribution is 0.0974. The van der Waals surface area contributed by atoms with E-state index in [4.69, 9.17) is 4.74 Å². The molecule has 110 valence electrons. The second-order valence-electron chi connectivity index (χ2n) is 4.81. The Morgan fingerprint density at radius 3 is 3.09 bits per heavy atom. The van der Waals surface area contributed by atoms with Crippen LogP contribution >= 0.6 is 11.3 Å². The van der Waals surface area contributed by atoms with Crippen molar-refractivity contribution < 1.29 is 9.53 Å². The number of fused-ring (bicyclic) bond motifs is 2. The van der Waals surface area contributed by atoms with E-state index in [-0.39, 0.29) is 17.0 Å². The lowest BCUT2D eigenvalue weighted by Crippen LogP contribution is -2.40. The number of para-hydroxylation sites is 2. The summed E-state index contributed by atoms with van der Waals surface area (Å²) in [4.78, 5) is 31.5. The van der Waals surface area contributed by atoms with Crippen LogP contribution in [0.3, 0.4) is 0 Å². The number of amides is 1. The molecule has 22 heavy (non-hydrogen) atoms. The maximum absolute atomic E-state index is 12.8. The van der Waals surface area contributed by atoms with Crippen LogP contribution in [-0.4, -0.2) is 28.4 Å². The molecule has 7 heteroatoms. The standard InChI is InChI=1S/C15H11N3O3S/c19-13(10-9-16-15-18(14(10)20)6-8-22-15)17-5-7-21-12-4-2-1-3-11(12)17/h1-4,6,8-9H,5,7H2. The first-order valence-electron chi connectivity index (χ1n) is 6.74. The normalized spacial score (nSPS) is 13.7. The van der Waals surface area contributed by atoms with Crippen LogP contribution in [0.5, 0.6) is 5.75 Å². The Kier molecular flexibility index (Phi) is 2.93. The summed E-state index contributed by atoms with van der Waals surface area (Å²) in [5, 5.41) is 1.77. The summed E-state index contributed by atoms with van der Waals surface area (Å²) in [6, 6.07) is 7.30. The van der Waals surface area contributed by atoms with Gasteiger partial charge in [0.15, 0.2) is 4.96 Å². The van der Waals surface area contributed by atoms with Crippen molar-refractivity contribution in [3.8, 4) is 5.75 Å². The van der Waals surface area contributed by atoms with E-state index in [9.17, 15) is 9.59 Å². The summed E-state index contributed by atoms with van der Waals surface area (Å²) in [6.45, 7) is 0.805. The van der Waals surface area contributed by atoms with Crippen LogP contribution in [-0.2, 0) is 0 Å². The van der Waals surface area contributed by atoms with Gasteiger partial charge in [0.05, 0.1) is 12.2 Å². The lowest BCUT2D eigenvalue weighted by atomic mass is 10.2. The van der Waals surface area contributed by atoms with Gasteiger partial charge in [-0.15, -0.1) is 11.3 Å². The van der Waals surface area contributed by atoms with E-state index in [1.807, 2.05) is 18.2 Å². The first kappa shape index (κ1) is 13.0. The summed E-state index contributed by atoms with van der Waals surface area (Å²) in [5.41, 5.74) is 0.390. The quantitative estimate of drug-likeness (QED) is 0.687. The highest BCUT2D eigenvalue weighted by Crippen LogP contribution is 2.31. The van der Waals surface area contributed by atoms with E-state index in [0.29, 0.717) is 29.5 Å². The second kappa shape index (κ2) is 4.96. The summed E-state index contributed by atoms with van der Waals surface area (Å²) in [6.07, 6.45) is 2.98. The topological polar surface area (TPSA) is 63.9 Å². The van der Waals surface area contributed by atoms with Crippen LogP contribution < -0.4 is 15.2 Å². The van der Waals surface area contributed by atoms with Crippen LogP contribution in [0.4, 0.5) is 5.69 Å². The monoisotopic (exact) mass is 313 g/mol. The van der Waals surface area contributed by atoms with Crippen molar-refractivity contribution in [2.24, 2.45) is 0 Å². The molecule has 3 aromatic rings. The molecule has 0 unspecified atom stereocenters. The van der Waals surface area contributed by atoms with Crippen LogP contribution in [0, 0.1) is 0 Å². The van der Waals surface area contributed by atoms with Crippen LogP contribution in [0.15, 0.2) is 46.8 Å². The predicted molar refractivity (Wildman–Crippen MR) is 83.0 cm³/mol. The molecule has 1 amide bonds. The third-order valence-electron chi connectivity index (χ3n) is 3.55. The van der Waals surface area contributed by atoms with E-state index in [1.165, 1.54) is 21.9 Å². The Morgan fingerprint density at radius 2 is 2.18 bits per heavy atom. The highest BCUT2D eigenvalue weighted by Gasteiger charge is 2.26. The fourth-order valence-electron chi connectivity index (χ4n) is 2.50. The molecular weight excluding hydrogens is 302 g/mol. The van der Waals surface area contributed by atoms with Gasteiger partial charge in [-0.1, -0.05) is 12.1 Å². The average molecular weight is 313 g/mol. The largest absolute Gasteiger partial charge is 0.490 e. The zero-order chi connectivity index (χ0) is 15.1. The van der Waals surface area contributed by atoms with Gasteiger partial charge in [-0.3, -0.25) is 14.0 Å². The molecule has 4 rings (SSSR count). The van der Waals surface area contributed by atoms with Crippen molar-refractivity contribution in [3.05, 3.63) is 58.0 Å². The zero-order valence-electron chi connectivity index (χ0n) is 11.4. The second-order valence-corrected chi connectivity index (χ2v) is 5.68. The number of hydrogen-bond acceptors (Lipinski definition) is 5. The fourth-order valence-corrected chi connectivity index (χ4v) is 3.17. The van der Waals surface area contributed by atoms with Gasteiger partial charge in [0, 0.05) is 17.8 Å². The molecule has 0 saturated heterocycles. The molecule has 0 radical (unpaired) electrons. The summed E-state index contributed by atoms with van der Waals surface area (Å²) < 4.78 is 6.93. The molecular formula is C15H11N3O3S. The van der Waals surface area contributed by atoms with E-state index >= 15 is 0 Å². The highest BCUT2D eigenvalue weighted by atomic mass is 32.1. The van der Waals surface area contributed by atoms with Crippen molar-refractivity contribution in [1.29, 1.82) is 0 Å². The molecule has 2 aromatic heterocycles. The number of carbonyl (C=O) groups is 1. The van der Waals surface area contributed by atoms with Crippen molar-refractivity contribution in [1.82, 2.24) is 9.38 Å². The van der Waals surface area contributed by atoms with Gasteiger partial charge in [-0.2, -0.15) is 0 Å². The van der Waals surface area contributed by atoms with Crippen molar-refractivity contribution in [3.63, 3.8) is 0 Å². The van der Waals surface area contributed by atoms with Gasteiger partial charge in [0.1, 0.15) is 17.9 Å². The zero-order valence-corrected chi connectivity index (χ0v) is 12.2. The maximum Gasteiger partial charge on any atom is 0.271 e. The minimum atomic E-state index is -0.353. The van der Waals surface area contributed by atoms with Gasteiger partial charge in [0.2, 0.25) is 0 Å². The average Bonchev–Trinajstić information content (AvgIpc) is 3.04. The Labute approximate surface area is 129 Å². The Hall–Kier alpha value is -2.67. The minimum Gasteiger partial charge on any atom is -0.490 e. The molecule has 1 aliphatic heterocycles. The van der Waals surface area contributed by atoms with E-state index in [0.717, 1.165) is 0 Å². The first-order valence-corrected chi connectivity index (χ1v) is 7.62. The number of benzene rings is 1. The molecule has 0 atom stereocenters. The smallest absolute Gasteiger partial charge is 0.271 e. The molecule has 6 nitrogen and oxygen atoms in total. The number of rotatable bonds is 1. The number of nitrogens with zero attached hydrogens (tertiary/aromatic N) is 3. The maximum atomic E-state index is 12.8. The Balaban J connectivity index is 1.81. The Bertz CT molecular complexity index is 931. The molecule has 0 fully saturated rings. The van der Waals surface area contributed by atoms with E-state index < -0.39 is 0 Å². The lowest BCUT2D eigenvalue weighted by Gasteiger charge is -2.29. The molecule has 1 aliphatic rings. The predicted octanol–water partition coefficient (Wildman–Crippen LogP) is 1.80. The molecule has 0 N–H and O–H groups in total. The van der Waals surface area contributed by atoms with Crippen LogP contribution in [0.2, 0.25) is 0 Å². The minimum absolute atomic E-state index is 0.0626. The van der Waals surface area contributed by atoms with Gasteiger partial charge in [-0.05, 0) is 12.1 Å². The van der Waals surface area contributed by atoms with Gasteiger partial charge in [0.25, 0.3) is 11.5 Å². The number of aromatic nitrogens is 2. The van der Waals surface area contributed by atoms with Crippen molar-refractivity contribution in [2.45, 2.75) is 0 Å². The Morgan fingerprint density at radius 1 is 1.32 bits per heavy atom.